The first-order valence-corrected chi connectivity index (χ1v) is 8.49. The van der Waals surface area contributed by atoms with Gasteiger partial charge in [0.15, 0.2) is 0 Å². The van der Waals surface area contributed by atoms with Crippen LogP contribution >= 0.6 is 23.2 Å². The third-order valence-corrected chi connectivity index (χ3v) is 4.50. The monoisotopic (exact) mass is 378 g/mol. The lowest BCUT2D eigenvalue weighted by atomic mass is 10.1. The molecule has 1 N–H and O–H groups in total. The van der Waals surface area contributed by atoms with E-state index in [4.69, 9.17) is 27.9 Å². The van der Waals surface area contributed by atoms with Crippen molar-refractivity contribution in [3.8, 4) is 5.75 Å². The number of anilines is 1. The first-order valence-electron chi connectivity index (χ1n) is 7.73. The highest BCUT2D eigenvalue weighted by Gasteiger charge is 2.40. The number of carbonyl (C=O) groups excluding carboxylic acids is 2. The molecule has 0 aliphatic carbocycles. The van der Waals surface area contributed by atoms with Crippen molar-refractivity contribution in [3.63, 3.8) is 0 Å². The van der Waals surface area contributed by atoms with Crippen LogP contribution < -0.4 is 15.0 Å². The van der Waals surface area contributed by atoms with E-state index in [1.54, 1.807) is 12.1 Å². The Bertz CT molecular complexity index is 811. The Hall–Kier alpha value is -2.24. The average molecular weight is 379 g/mol. The van der Waals surface area contributed by atoms with Gasteiger partial charge in [0, 0.05) is 17.5 Å². The molecule has 2 amide bonds. The van der Waals surface area contributed by atoms with E-state index in [2.05, 4.69) is 5.32 Å². The van der Waals surface area contributed by atoms with Crippen molar-refractivity contribution in [1.82, 2.24) is 5.32 Å². The van der Waals surface area contributed by atoms with Gasteiger partial charge >= 0.3 is 0 Å². The molecule has 5 nitrogen and oxygen atoms in total. The summed E-state index contributed by atoms with van der Waals surface area (Å²) in [5.41, 5.74) is 1.05. The van der Waals surface area contributed by atoms with Gasteiger partial charge in [-0.3, -0.25) is 9.59 Å². The van der Waals surface area contributed by atoms with Crippen LogP contribution in [0.5, 0.6) is 5.75 Å². The SMILES string of the molecule is CC(=O)NC1C(=O)N(CCOc2ccccc2)c2c(Cl)ccc(Cl)c21. The molecule has 25 heavy (non-hydrogen) atoms. The number of carbonyl (C=O) groups is 2. The molecule has 0 bridgehead atoms. The van der Waals surface area contributed by atoms with Gasteiger partial charge in [-0.2, -0.15) is 0 Å². The number of fused-ring (bicyclic) bond motifs is 1. The molecule has 2 aromatic carbocycles. The fraction of sp³-hybridized carbons (Fsp3) is 0.222. The Morgan fingerprint density at radius 3 is 2.52 bits per heavy atom. The normalized spacial score (nSPS) is 15.9. The summed E-state index contributed by atoms with van der Waals surface area (Å²) in [6, 6.07) is 11.7. The molecule has 1 atom stereocenters. The van der Waals surface area contributed by atoms with E-state index in [0.717, 1.165) is 0 Å². The second kappa shape index (κ2) is 7.33. The Labute approximate surface area is 155 Å². The number of para-hydroxylation sites is 1. The van der Waals surface area contributed by atoms with Gasteiger partial charge in [-0.15, -0.1) is 0 Å². The summed E-state index contributed by atoms with van der Waals surface area (Å²) in [6.45, 7) is 1.92. The molecule has 1 aliphatic rings. The summed E-state index contributed by atoms with van der Waals surface area (Å²) >= 11 is 12.6. The Kier molecular flexibility index (Phi) is 5.16. The number of hydrogen-bond acceptors (Lipinski definition) is 3. The molecule has 2 aromatic rings. The number of hydrogen-bond donors (Lipinski definition) is 1. The predicted molar refractivity (Wildman–Crippen MR) is 97.3 cm³/mol. The first-order chi connectivity index (χ1) is 12.0. The zero-order valence-electron chi connectivity index (χ0n) is 13.5. The van der Waals surface area contributed by atoms with Crippen LogP contribution in [0.4, 0.5) is 5.69 Å². The summed E-state index contributed by atoms with van der Waals surface area (Å²) in [4.78, 5) is 25.8. The second-order valence-electron chi connectivity index (χ2n) is 5.58. The summed E-state index contributed by atoms with van der Waals surface area (Å²) in [5.74, 6) is 0.115. The topological polar surface area (TPSA) is 58.6 Å². The van der Waals surface area contributed by atoms with E-state index in [1.807, 2.05) is 30.3 Å². The zero-order chi connectivity index (χ0) is 18.0. The van der Waals surface area contributed by atoms with Crippen molar-refractivity contribution in [2.24, 2.45) is 0 Å². The zero-order valence-corrected chi connectivity index (χ0v) is 15.0. The molecular weight excluding hydrogens is 363 g/mol. The van der Waals surface area contributed by atoms with Gasteiger partial charge in [0.2, 0.25) is 5.91 Å². The van der Waals surface area contributed by atoms with Crippen LogP contribution in [0.3, 0.4) is 0 Å². The number of nitrogens with zero attached hydrogens (tertiary/aromatic N) is 1. The van der Waals surface area contributed by atoms with Gasteiger partial charge in [-0.25, -0.2) is 0 Å². The standard InChI is InChI=1S/C18H16Cl2N2O3/c1-11(23)21-16-15-13(19)7-8-14(20)17(15)22(18(16)24)9-10-25-12-5-3-2-4-6-12/h2-8,16H,9-10H2,1H3,(H,21,23). The smallest absolute Gasteiger partial charge is 0.254 e. The van der Waals surface area contributed by atoms with Crippen LogP contribution in [0.2, 0.25) is 10.0 Å². The van der Waals surface area contributed by atoms with Gasteiger partial charge in [0.1, 0.15) is 18.4 Å². The van der Waals surface area contributed by atoms with Crippen LogP contribution in [0.1, 0.15) is 18.5 Å². The van der Waals surface area contributed by atoms with Crippen LogP contribution in [0.15, 0.2) is 42.5 Å². The maximum absolute atomic E-state index is 12.8. The number of benzene rings is 2. The number of nitrogens with one attached hydrogen (secondary N) is 1. The molecular formula is C18H16Cl2N2O3. The summed E-state index contributed by atoms with van der Waals surface area (Å²) < 4.78 is 5.66. The molecule has 0 radical (unpaired) electrons. The molecule has 3 rings (SSSR count). The van der Waals surface area contributed by atoms with Crippen LogP contribution in [-0.2, 0) is 9.59 Å². The van der Waals surface area contributed by atoms with Crippen molar-refractivity contribution >= 4 is 40.7 Å². The van der Waals surface area contributed by atoms with Gasteiger partial charge in [-0.05, 0) is 24.3 Å². The minimum Gasteiger partial charge on any atom is -0.492 e. The average Bonchev–Trinajstić information content (AvgIpc) is 2.86. The van der Waals surface area contributed by atoms with Crippen LogP contribution in [0, 0.1) is 0 Å². The van der Waals surface area contributed by atoms with Gasteiger partial charge in [0.05, 0.1) is 17.3 Å². The third kappa shape index (κ3) is 3.57. The number of halogens is 2. The lowest BCUT2D eigenvalue weighted by Gasteiger charge is -2.19. The quantitative estimate of drug-likeness (QED) is 0.864. The minimum atomic E-state index is -0.838. The van der Waals surface area contributed by atoms with E-state index in [-0.39, 0.29) is 25.0 Å². The van der Waals surface area contributed by atoms with E-state index in [9.17, 15) is 9.59 Å². The minimum absolute atomic E-state index is 0.281. The number of rotatable bonds is 5. The maximum atomic E-state index is 12.8. The molecule has 1 heterocycles. The highest BCUT2D eigenvalue weighted by molar-refractivity contribution is 6.38. The molecule has 130 valence electrons. The highest BCUT2D eigenvalue weighted by atomic mass is 35.5. The van der Waals surface area contributed by atoms with Crippen molar-refractivity contribution < 1.29 is 14.3 Å². The fourth-order valence-electron chi connectivity index (χ4n) is 2.83. The number of amides is 2. The fourth-order valence-corrected chi connectivity index (χ4v) is 3.35. The van der Waals surface area contributed by atoms with Crippen molar-refractivity contribution in [2.45, 2.75) is 13.0 Å². The predicted octanol–water partition coefficient (Wildman–Crippen LogP) is 3.60. The largest absolute Gasteiger partial charge is 0.492 e. The number of ether oxygens (including phenoxy) is 1. The second-order valence-corrected chi connectivity index (χ2v) is 6.39. The van der Waals surface area contributed by atoms with Gasteiger partial charge in [0.25, 0.3) is 5.91 Å². The summed E-state index contributed by atoms with van der Waals surface area (Å²) in [7, 11) is 0. The first kappa shape index (κ1) is 17.6. The summed E-state index contributed by atoms with van der Waals surface area (Å²) in [5, 5.41) is 3.43. The highest BCUT2D eigenvalue weighted by Crippen LogP contribution is 2.44. The molecule has 0 aromatic heterocycles. The Balaban J connectivity index is 1.84. The molecule has 0 saturated carbocycles. The van der Waals surface area contributed by atoms with Gasteiger partial charge in [-0.1, -0.05) is 41.4 Å². The van der Waals surface area contributed by atoms with E-state index in [1.165, 1.54) is 11.8 Å². The molecule has 1 unspecified atom stereocenters. The van der Waals surface area contributed by atoms with Crippen molar-refractivity contribution in [3.05, 3.63) is 58.1 Å². The van der Waals surface area contributed by atoms with E-state index >= 15 is 0 Å². The van der Waals surface area contributed by atoms with Crippen LogP contribution in [-0.4, -0.2) is 25.0 Å². The summed E-state index contributed by atoms with van der Waals surface area (Å²) in [6.07, 6.45) is 0. The third-order valence-electron chi connectivity index (χ3n) is 3.86. The van der Waals surface area contributed by atoms with E-state index in [0.29, 0.717) is 27.0 Å². The van der Waals surface area contributed by atoms with Crippen LogP contribution in [0.25, 0.3) is 0 Å². The molecule has 0 saturated heterocycles. The lowest BCUT2D eigenvalue weighted by molar-refractivity contribution is -0.126. The Morgan fingerprint density at radius 1 is 1.16 bits per heavy atom. The maximum Gasteiger partial charge on any atom is 0.254 e. The van der Waals surface area contributed by atoms with E-state index < -0.39 is 6.04 Å². The Morgan fingerprint density at radius 2 is 1.84 bits per heavy atom. The van der Waals surface area contributed by atoms with Gasteiger partial charge < -0.3 is 15.0 Å². The molecule has 0 fully saturated rings. The van der Waals surface area contributed by atoms with Crippen molar-refractivity contribution in [2.75, 3.05) is 18.1 Å². The molecule has 1 aliphatic heterocycles. The molecule has 7 heteroatoms. The van der Waals surface area contributed by atoms with Crippen molar-refractivity contribution in [1.29, 1.82) is 0 Å². The molecule has 0 spiro atoms. The lowest BCUT2D eigenvalue weighted by Crippen LogP contribution is -2.38.